The van der Waals surface area contributed by atoms with E-state index in [4.69, 9.17) is 14.2 Å². The van der Waals surface area contributed by atoms with Crippen LogP contribution in [0.25, 0.3) is 0 Å². The van der Waals surface area contributed by atoms with E-state index in [0.717, 1.165) is 31.6 Å². The summed E-state index contributed by atoms with van der Waals surface area (Å²) < 4.78 is 17.0. The number of esters is 2. The number of rotatable bonds is 7. The van der Waals surface area contributed by atoms with Crippen LogP contribution in [0.5, 0.6) is 0 Å². The Bertz CT molecular complexity index is 609. The molecule has 0 spiro atoms. The third kappa shape index (κ3) is 3.23. The van der Waals surface area contributed by atoms with Crippen LogP contribution in [0.4, 0.5) is 0 Å². The summed E-state index contributed by atoms with van der Waals surface area (Å²) in [6.07, 6.45) is 4.31. The second-order valence-corrected chi connectivity index (χ2v) is 12.5. The predicted octanol–water partition coefficient (Wildman–Crippen LogP) is 0.316. The fourth-order valence-corrected chi connectivity index (χ4v) is 7.88. The average Bonchev–Trinajstić information content (AvgIpc) is 3.38. The summed E-state index contributed by atoms with van der Waals surface area (Å²) in [4.78, 5) is 24.7. The van der Waals surface area contributed by atoms with E-state index in [-0.39, 0.29) is 48.0 Å². The van der Waals surface area contributed by atoms with Crippen molar-refractivity contribution < 1.29 is 41.0 Å². The number of hydrogen-bond donors (Lipinski definition) is 0. The zero-order chi connectivity index (χ0) is 18.4. The standard InChI is InChI=1S/C19H25I2O5/c1-3-24-8-25-19(23)13-5-10-4-12(13)17-14-6-11(16(10)17)7-15(14)26-18(22)9(2)21-20/h10-17H,2-8H2,1H3/q-1. The second kappa shape index (κ2) is 7.85. The van der Waals surface area contributed by atoms with Gasteiger partial charge >= 0.3 is 162 Å². The number of halogens is 2. The van der Waals surface area contributed by atoms with Gasteiger partial charge in [0.25, 0.3) is 0 Å². The van der Waals surface area contributed by atoms with Crippen molar-refractivity contribution in [2.24, 2.45) is 41.4 Å². The summed E-state index contributed by atoms with van der Waals surface area (Å²) in [5.41, 5.74) is 0. The minimum atomic E-state index is -0.339. The van der Waals surface area contributed by atoms with Crippen molar-refractivity contribution in [3.63, 3.8) is 0 Å². The van der Waals surface area contributed by atoms with Gasteiger partial charge in [0.2, 0.25) is 0 Å². The van der Waals surface area contributed by atoms with Crippen LogP contribution in [0.3, 0.4) is 0 Å². The van der Waals surface area contributed by atoms with Crippen molar-refractivity contribution in [3.05, 3.63) is 10.2 Å². The number of ether oxygens (including phenoxy) is 3. The van der Waals surface area contributed by atoms with Crippen molar-refractivity contribution in [1.29, 1.82) is 0 Å². The van der Waals surface area contributed by atoms with Crippen LogP contribution in [-0.4, -0.2) is 31.4 Å². The first-order chi connectivity index (χ1) is 12.5. The first-order valence-electron chi connectivity index (χ1n) is 9.45. The van der Waals surface area contributed by atoms with Gasteiger partial charge in [-0.2, -0.15) is 0 Å². The molecule has 0 aromatic heterocycles. The van der Waals surface area contributed by atoms with Crippen LogP contribution >= 0.6 is 18.6 Å². The Hall–Kier alpha value is 0.1000. The van der Waals surface area contributed by atoms with E-state index in [1.54, 1.807) is 0 Å². The summed E-state index contributed by atoms with van der Waals surface area (Å²) in [5.74, 6) is 3.11. The molecule has 5 nitrogen and oxygen atoms in total. The van der Waals surface area contributed by atoms with E-state index in [1.807, 2.05) is 6.92 Å². The van der Waals surface area contributed by atoms with Gasteiger partial charge < -0.3 is 0 Å². The Labute approximate surface area is 174 Å². The van der Waals surface area contributed by atoms with Gasteiger partial charge in [0.05, 0.1) is 0 Å². The van der Waals surface area contributed by atoms with Crippen LogP contribution in [0.2, 0.25) is 0 Å². The molecule has 0 aliphatic heterocycles. The first kappa shape index (κ1) is 19.4. The maximum atomic E-state index is 12.5. The number of fused-ring (bicyclic) bond motifs is 9. The summed E-state index contributed by atoms with van der Waals surface area (Å²) >= 11 is 1.91. The SMILES string of the molecule is C=C([I-]I)C(=O)OC1CC2CC1C1C3CC(CC3C(=O)OCOCC)C21. The molecule has 0 heterocycles. The zero-order valence-electron chi connectivity index (χ0n) is 14.9. The average molecular weight is 587 g/mol. The third-order valence-corrected chi connectivity index (χ3v) is 11.3. The van der Waals surface area contributed by atoms with Crippen LogP contribution in [0, 0.1) is 41.4 Å². The monoisotopic (exact) mass is 587 g/mol. The fourth-order valence-electron chi connectivity index (χ4n) is 6.47. The summed E-state index contributed by atoms with van der Waals surface area (Å²) in [6.45, 7) is 6.35. The van der Waals surface area contributed by atoms with Crippen LogP contribution in [-0.2, 0) is 23.8 Å². The molecule has 4 aliphatic carbocycles. The van der Waals surface area contributed by atoms with Crippen LogP contribution in [0.15, 0.2) is 10.2 Å². The third-order valence-electron chi connectivity index (χ3n) is 7.12. The predicted molar refractivity (Wildman–Crippen MR) is 98.5 cm³/mol. The van der Waals surface area contributed by atoms with Crippen molar-refractivity contribution in [3.8, 4) is 0 Å². The Morgan fingerprint density at radius 1 is 1.12 bits per heavy atom. The van der Waals surface area contributed by atoms with Crippen molar-refractivity contribution in [1.82, 2.24) is 0 Å². The van der Waals surface area contributed by atoms with Gasteiger partial charge in [-0.15, -0.1) is 0 Å². The van der Waals surface area contributed by atoms with E-state index in [9.17, 15) is 9.59 Å². The second-order valence-electron chi connectivity index (χ2n) is 8.05. The Morgan fingerprint density at radius 3 is 2.58 bits per heavy atom. The van der Waals surface area contributed by atoms with Gasteiger partial charge in [0.1, 0.15) is 0 Å². The molecule has 4 saturated carbocycles. The van der Waals surface area contributed by atoms with Gasteiger partial charge in [0, 0.05) is 6.61 Å². The van der Waals surface area contributed by atoms with Gasteiger partial charge in [-0.05, 0) is 6.92 Å². The molecule has 0 radical (unpaired) electrons. The molecular weight excluding hydrogens is 562 g/mol. The normalized spacial score (nSPS) is 42.1. The molecule has 0 aromatic rings. The molecule has 0 aromatic carbocycles. The molecule has 4 rings (SSSR count). The van der Waals surface area contributed by atoms with Crippen molar-refractivity contribution >= 4 is 30.6 Å². The van der Waals surface area contributed by atoms with Gasteiger partial charge in [-0.3, -0.25) is 0 Å². The van der Waals surface area contributed by atoms with Crippen LogP contribution in [0.1, 0.15) is 32.6 Å². The molecule has 26 heavy (non-hydrogen) atoms. The molecule has 8 unspecified atom stereocenters. The molecule has 4 bridgehead atoms. The number of hydrogen-bond acceptors (Lipinski definition) is 5. The number of carbonyl (C=O) groups is 2. The van der Waals surface area contributed by atoms with E-state index < -0.39 is 0 Å². The van der Waals surface area contributed by atoms with Gasteiger partial charge in [0.15, 0.2) is 0 Å². The minimum absolute atomic E-state index is 0.00702. The molecule has 4 aliphatic rings. The summed E-state index contributed by atoms with van der Waals surface area (Å²) in [5, 5.41) is 0. The quantitative estimate of drug-likeness (QED) is 0.107. The van der Waals surface area contributed by atoms with Gasteiger partial charge in [-0.25, -0.2) is 0 Å². The molecule has 8 atom stereocenters. The van der Waals surface area contributed by atoms with Crippen LogP contribution < -0.4 is 17.2 Å². The Morgan fingerprint density at radius 2 is 1.85 bits per heavy atom. The summed E-state index contributed by atoms with van der Waals surface area (Å²) in [7, 11) is 0. The number of carbonyl (C=O) groups excluding carboxylic acids is 2. The van der Waals surface area contributed by atoms with Crippen molar-refractivity contribution in [2.45, 2.75) is 38.7 Å². The molecule has 0 N–H and O–H groups in total. The fraction of sp³-hybridized carbons (Fsp3) is 0.789. The molecular formula is C19H25I2O5-. The van der Waals surface area contributed by atoms with E-state index in [2.05, 4.69) is 25.2 Å². The zero-order valence-corrected chi connectivity index (χ0v) is 19.2. The van der Waals surface area contributed by atoms with Crippen molar-refractivity contribution in [2.75, 3.05) is 13.4 Å². The molecule has 7 heteroatoms. The molecule has 4 fully saturated rings. The van der Waals surface area contributed by atoms with E-state index in [1.165, 1.54) is 0 Å². The van der Waals surface area contributed by atoms with E-state index >= 15 is 0 Å². The molecule has 146 valence electrons. The molecule has 0 saturated heterocycles. The van der Waals surface area contributed by atoms with E-state index in [0.29, 0.717) is 39.8 Å². The summed E-state index contributed by atoms with van der Waals surface area (Å²) in [6, 6.07) is 0. The molecule has 0 amide bonds. The topological polar surface area (TPSA) is 61.8 Å². The van der Waals surface area contributed by atoms with Gasteiger partial charge in [-0.1, -0.05) is 0 Å². The first-order valence-corrected chi connectivity index (χ1v) is 16.8. The Kier molecular flexibility index (Phi) is 5.86. The maximum absolute atomic E-state index is 12.5. The Balaban J connectivity index is 1.41.